The fourth-order valence-electron chi connectivity index (χ4n) is 5.19. The number of allylic oxidation sites excluding steroid dienone is 8. The first-order chi connectivity index (χ1) is 23.2. The Morgan fingerprint density at radius 1 is 0.447 bits per heavy atom. The molecule has 0 bridgehead atoms. The maximum atomic E-state index is 2.40. The highest BCUT2D eigenvalue weighted by atomic mass is 33.1. The molecule has 0 aliphatic heterocycles. The van der Waals surface area contributed by atoms with Crippen molar-refractivity contribution in [3.8, 4) is 0 Å². The van der Waals surface area contributed by atoms with Crippen LogP contribution in [0.1, 0.15) is 174 Å². The molecule has 0 saturated heterocycles. The lowest BCUT2D eigenvalue weighted by Crippen LogP contribution is -2.18. The second kappa shape index (κ2) is 42.5. The molecule has 0 spiro atoms. The van der Waals surface area contributed by atoms with Crippen LogP contribution in [0.2, 0.25) is 0 Å². The fraction of sp³-hybridized carbons (Fsp3) is 0.810. The zero-order valence-corrected chi connectivity index (χ0v) is 35.0. The summed E-state index contributed by atoms with van der Waals surface area (Å²) in [7, 11) is 13.0. The van der Waals surface area contributed by atoms with Gasteiger partial charge in [-0.3, -0.25) is 0 Å². The Kier molecular flexibility index (Phi) is 42.8. The Labute approximate surface area is 312 Å². The molecule has 276 valence electrons. The van der Waals surface area contributed by atoms with Gasteiger partial charge in [0.25, 0.3) is 0 Å². The lowest BCUT2D eigenvalue weighted by atomic mass is 10.1. The lowest BCUT2D eigenvalue weighted by molar-refractivity contribution is 0.401. The zero-order valence-electron chi connectivity index (χ0n) is 31.8. The molecular weight excluding hydrogens is 647 g/mol. The molecule has 0 aromatic rings. The molecule has 0 aliphatic rings. The van der Waals surface area contributed by atoms with Crippen molar-refractivity contribution in [1.29, 1.82) is 0 Å². The van der Waals surface area contributed by atoms with E-state index >= 15 is 0 Å². The first-order valence-electron chi connectivity index (χ1n) is 20.0. The second-order valence-electron chi connectivity index (χ2n) is 13.4. The van der Waals surface area contributed by atoms with E-state index in [0.717, 1.165) is 18.1 Å². The van der Waals surface area contributed by atoms with Gasteiger partial charge in [0.15, 0.2) is 0 Å². The topological polar surface area (TPSA) is 3.24 Å². The van der Waals surface area contributed by atoms with Gasteiger partial charge in [0.1, 0.15) is 0 Å². The molecule has 0 N–H and O–H groups in total. The normalized spacial score (nSPS) is 13.1. The molecule has 0 aromatic heterocycles. The molecule has 0 aliphatic carbocycles. The van der Waals surface area contributed by atoms with Gasteiger partial charge < -0.3 is 4.90 Å². The fourth-order valence-corrected chi connectivity index (χ4v) is 11.0. The molecule has 0 rings (SSSR count). The van der Waals surface area contributed by atoms with Crippen molar-refractivity contribution in [3.63, 3.8) is 0 Å². The van der Waals surface area contributed by atoms with Crippen LogP contribution < -0.4 is 0 Å². The molecule has 0 aromatic carbocycles. The SMILES string of the molecule is CCCCCC=CCC=CCCCCCCCCSSCC(CCN(C)C)SSCCCCCCCCC=CCC=CCCCCC. The van der Waals surface area contributed by atoms with Gasteiger partial charge in [-0.15, -0.1) is 0 Å². The second-order valence-corrected chi connectivity index (χ2v) is 18.8. The van der Waals surface area contributed by atoms with E-state index in [0.29, 0.717) is 0 Å². The summed E-state index contributed by atoms with van der Waals surface area (Å²) < 4.78 is 0. The molecule has 47 heavy (non-hydrogen) atoms. The molecule has 5 heteroatoms. The first-order valence-corrected chi connectivity index (χ1v) is 24.8. The van der Waals surface area contributed by atoms with Crippen LogP contribution in [0.15, 0.2) is 48.6 Å². The standard InChI is InChI=1S/C42H79NS4/c1-5-7-9-11-13-15-17-19-21-23-25-27-29-31-33-35-39-44-46-41-42(37-38-43(3)4)47-45-40-36-34-32-30-28-26-24-22-20-18-16-14-12-10-8-6-2/h13-16,19-22,42H,5-12,17-18,23-41H2,1-4H3. The average Bonchev–Trinajstić information content (AvgIpc) is 3.07. The summed E-state index contributed by atoms with van der Waals surface area (Å²) in [6.07, 6.45) is 52.3. The molecule has 1 unspecified atom stereocenters. The van der Waals surface area contributed by atoms with Crippen molar-refractivity contribution in [2.24, 2.45) is 0 Å². The van der Waals surface area contributed by atoms with Gasteiger partial charge in [0.05, 0.1) is 0 Å². The summed E-state index contributed by atoms with van der Waals surface area (Å²) in [6, 6.07) is 0. The number of hydrogen-bond donors (Lipinski definition) is 0. The Morgan fingerprint density at radius 3 is 1.30 bits per heavy atom. The molecule has 0 saturated carbocycles. The molecule has 0 heterocycles. The number of hydrogen-bond acceptors (Lipinski definition) is 5. The minimum absolute atomic E-state index is 0.778. The van der Waals surface area contributed by atoms with Crippen LogP contribution in [0, 0.1) is 0 Å². The third kappa shape index (κ3) is 42.4. The van der Waals surface area contributed by atoms with Crippen LogP contribution in [-0.2, 0) is 0 Å². The van der Waals surface area contributed by atoms with Crippen LogP contribution in [0.3, 0.4) is 0 Å². The number of unbranched alkanes of at least 4 members (excludes halogenated alkanes) is 18. The summed E-state index contributed by atoms with van der Waals surface area (Å²) in [4.78, 5) is 2.35. The van der Waals surface area contributed by atoms with Crippen LogP contribution in [0.5, 0.6) is 0 Å². The highest BCUT2D eigenvalue weighted by Crippen LogP contribution is 2.35. The largest absolute Gasteiger partial charge is 0.309 e. The maximum Gasteiger partial charge on any atom is 0.0262 e. The van der Waals surface area contributed by atoms with Crippen molar-refractivity contribution in [3.05, 3.63) is 48.6 Å². The van der Waals surface area contributed by atoms with E-state index < -0.39 is 0 Å². The third-order valence-electron chi connectivity index (χ3n) is 8.30. The lowest BCUT2D eigenvalue weighted by Gasteiger charge is -2.18. The monoisotopic (exact) mass is 726 g/mol. The van der Waals surface area contributed by atoms with E-state index in [4.69, 9.17) is 0 Å². The Morgan fingerprint density at radius 2 is 0.851 bits per heavy atom. The van der Waals surface area contributed by atoms with Gasteiger partial charge in [0, 0.05) is 22.5 Å². The van der Waals surface area contributed by atoms with Crippen LogP contribution in [0.4, 0.5) is 0 Å². The van der Waals surface area contributed by atoms with Gasteiger partial charge in [-0.2, -0.15) is 0 Å². The predicted molar refractivity (Wildman–Crippen MR) is 231 cm³/mol. The van der Waals surface area contributed by atoms with Crippen molar-refractivity contribution in [2.75, 3.05) is 37.9 Å². The van der Waals surface area contributed by atoms with Crippen molar-refractivity contribution >= 4 is 43.2 Å². The minimum atomic E-state index is 0.778. The van der Waals surface area contributed by atoms with Gasteiger partial charge in [-0.05, 0) is 104 Å². The van der Waals surface area contributed by atoms with Gasteiger partial charge in [0.2, 0.25) is 0 Å². The van der Waals surface area contributed by atoms with Gasteiger partial charge in [-0.1, -0.05) is 183 Å². The number of rotatable bonds is 38. The Bertz CT molecular complexity index is 703. The number of nitrogens with zero attached hydrogens (tertiary/aromatic N) is 1. The minimum Gasteiger partial charge on any atom is -0.309 e. The van der Waals surface area contributed by atoms with E-state index in [-0.39, 0.29) is 0 Å². The Hall–Kier alpha value is 0.320. The zero-order chi connectivity index (χ0) is 34.1. The maximum absolute atomic E-state index is 2.40. The third-order valence-corrected chi connectivity index (χ3v) is 14.1. The molecule has 0 fully saturated rings. The van der Waals surface area contributed by atoms with Gasteiger partial charge >= 0.3 is 0 Å². The van der Waals surface area contributed by atoms with E-state index in [1.807, 2.05) is 0 Å². The molecular formula is C42H79NS4. The highest BCUT2D eigenvalue weighted by molar-refractivity contribution is 8.78. The summed E-state index contributed by atoms with van der Waals surface area (Å²) in [5, 5.41) is 0.778. The first kappa shape index (κ1) is 47.3. The Balaban J connectivity index is 3.63. The molecule has 1 atom stereocenters. The van der Waals surface area contributed by atoms with E-state index in [2.05, 4.69) is 125 Å². The molecule has 0 amide bonds. The molecule has 0 radical (unpaired) electrons. The van der Waals surface area contributed by atoms with Gasteiger partial charge in [-0.25, -0.2) is 0 Å². The van der Waals surface area contributed by atoms with E-state index in [9.17, 15) is 0 Å². The quantitative estimate of drug-likeness (QED) is 0.0353. The molecule has 1 nitrogen and oxygen atoms in total. The van der Waals surface area contributed by atoms with E-state index in [1.54, 1.807) is 0 Å². The van der Waals surface area contributed by atoms with Crippen LogP contribution >= 0.6 is 43.2 Å². The van der Waals surface area contributed by atoms with E-state index in [1.165, 1.54) is 171 Å². The van der Waals surface area contributed by atoms with Crippen LogP contribution in [-0.4, -0.2) is 48.0 Å². The van der Waals surface area contributed by atoms with Crippen molar-refractivity contribution < 1.29 is 0 Å². The smallest absolute Gasteiger partial charge is 0.0262 e. The van der Waals surface area contributed by atoms with Crippen LogP contribution in [0.25, 0.3) is 0 Å². The highest BCUT2D eigenvalue weighted by Gasteiger charge is 2.11. The summed E-state index contributed by atoms with van der Waals surface area (Å²) in [5.74, 6) is 3.94. The summed E-state index contributed by atoms with van der Waals surface area (Å²) in [5.41, 5.74) is 0. The average molecular weight is 726 g/mol. The summed E-state index contributed by atoms with van der Waals surface area (Å²) >= 11 is 0. The van der Waals surface area contributed by atoms with Crippen molar-refractivity contribution in [2.45, 2.75) is 180 Å². The predicted octanol–water partition coefficient (Wildman–Crippen LogP) is 15.7. The summed E-state index contributed by atoms with van der Waals surface area (Å²) in [6.45, 7) is 5.75. The van der Waals surface area contributed by atoms with Crippen molar-refractivity contribution in [1.82, 2.24) is 4.90 Å².